The maximum atomic E-state index is 13.5. The van der Waals surface area contributed by atoms with Crippen LogP contribution in [0.2, 0.25) is 0 Å². The van der Waals surface area contributed by atoms with Crippen molar-refractivity contribution >= 4 is 11.4 Å². The van der Waals surface area contributed by atoms with Gasteiger partial charge >= 0.3 is 5.69 Å². The van der Waals surface area contributed by atoms with Gasteiger partial charge in [-0.05, 0) is 12.3 Å². The molecule has 0 radical (unpaired) electrons. The van der Waals surface area contributed by atoms with E-state index in [0.717, 1.165) is 12.5 Å². The van der Waals surface area contributed by atoms with Crippen molar-refractivity contribution < 1.29 is 13.7 Å². The molecule has 0 aliphatic heterocycles. The average molecular weight is 258 g/mol. The van der Waals surface area contributed by atoms with E-state index < -0.39 is 22.2 Å². The molecule has 18 heavy (non-hydrogen) atoms. The number of nitrogens with zero attached hydrogens (tertiary/aromatic N) is 1. The average Bonchev–Trinajstić information content (AvgIpc) is 2.26. The highest BCUT2D eigenvalue weighted by Gasteiger charge is 2.20. The van der Waals surface area contributed by atoms with Crippen LogP contribution in [0.25, 0.3) is 0 Å². The normalized spacial score (nSPS) is 12.6. The van der Waals surface area contributed by atoms with E-state index in [1.807, 2.05) is 20.8 Å². The highest BCUT2D eigenvalue weighted by atomic mass is 19.1. The molecule has 6 heteroatoms. The predicted octanol–water partition coefficient (Wildman–Crippen LogP) is 3.72. The second kappa shape index (κ2) is 5.75. The molecule has 1 aromatic carbocycles. The van der Waals surface area contributed by atoms with Gasteiger partial charge in [-0.3, -0.25) is 10.1 Å². The molecular weight excluding hydrogens is 242 g/mol. The molecule has 4 nitrogen and oxygen atoms in total. The number of nitro groups is 1. The van der Waals surface area contributed by atoms with Crippen LogP contribution in [0.15, 0.2) is 12.1 Å². The van der Waals surface area contributed by atoms with Gasteiger partial charge in [-0.1, -0.05) is 20.8 Å². The molecule has 0 aliphatic carbocycles. The van der Waals surface area contributed by atoms with Crippen LogP contribution >= 0.6 is 0 Å². The SMILES string of the molecule is CCC(Nc1cc([N+](=O)[O-])c(F)cc1F)C(C)C. The number of nitrogens with one attached hydrogen (secondary N) is 1. The number of anilines is 1. The van der Waals surface area contributed by atoms with Crippen molar-refractivity contribution in [3.05, 3.63) is 33.9 Å². The zero-order valence-electron chi connectivity index (χ0n) is 10.5. The van der Waals surface area contributed by atoms with Crippen LogP contribution in [0.5, 0.6) is 0 Å². The third-order valence-electron chi connectivity index (χ3n) is 2.82. The third-order valence-corrected chi connectivity index (χ3v) is 2.82. The van der Waals surface area contributed by atoms with Gasteiger partial charge in [0, 0.05) is 18.2 Å². The van der Waals surface area contributed by atoms with Crippen LogP contribution < -0.4 is 5.32 Å². The summed E-state index contributed by atoms with van der Waals surface area (Å²) in [6.07, 6.45) is 0.738. The van der Waals surface area contributed by atoms with E-state index in [9.17, 15) is 18.9 Å². The van der Waals surface area contributed by atoms with Crippen molar-refractivity contribution in [2.24, 2.45) is 5.92 Å². The second-order valence-electron chi connectivity index (χ2n) is 4.44. The fourth-order valence-electron chi connectivity index (χ4n) is 1.73. The van der Waals surface area contributed by atoms with E-state index in [-0.39, 0.29) is 17.6 Å². The Bertz CT molecular complexity index is 450. The van der Waals surface area contributed by atoms with Gasteiger partial charge in [0.25, 0.3) is 0 Å². The minimum absolute atomic E-state index is 0.0236. The fourth-order valence-corrected chi connectivity index (χ4v) is 1.73. The highest BCUT2D eigenvalue weighted by Crippen LogP contribution is 2.26. The van der Waals surface area contributed by atoms with E-state index >= 15 is 0 Å². The van der Waals surface area contributed by atoms with Gasteiger partial charge in [0.15, 0.2) is 0 Å². The topological polar surface area (TPSA) is 55.2 Å². The lowest BCUT2D eigenvalue weighted by Crippen LogP contribution is -2.25. The summed E-state index contributed by atoms with van der Waals surface area (Å²) < 4.78 is 26.7. The molecule has 1 aromatic rings. The summed E-state index contributed by atoms with van der Waals surface area (Å²) in [7, 11) is 0. The Kier molecular flexibility index (Phi) is 4.58. The summed E-state index contributed by atoms with van der Waals surface area (Å²) >= 11 is 0. The van der Waals surface area contributed by atoms with Crippen molar-refractivity contribution in [2.45, 2.75) is 33.2 Å². The largest absolute Gasteiger partial charge is 0.379 e. The molecule has 0 aliphatic rings. The van der Waals surface area contributed by atoms with E-state index in [2.05, 4.69) is 5.32 Å². The second-order valence-corrected chi connectivity index (χ2v) is 4.44. The van der Waals surface area contributed by atoms with Crippen molar-refractivity contribution in [3.63, 3.8) is 0 Å². The van der Waals surface area contributed by atoms with Crippen LogP contribution in [-0.2, 0) is 0 Å². The quantitative estimate of drug-likeness (QED) is 0.646. The maximum Gasteiger partial charge on any atom is 0.307 e. The van der Waals surface area contributed by atoms with E-state index in [0.29, 0.717) is 6.07 Å². The summed E-state index contributed by atoms with van der Waals surface area (Å²) in [5, 5.41) is 13.5. The number of hydrogen-bond acceptors (Lipinski definition) is 3. The Hall–Kier alpha value is -1.72. The van der Waals surface area contributed by atoms with Crippen LogP contribution in [0.3, 0.4) is 0 Å². The van der Waals surface area contributed by atoms with E-state index in [1.54, 1.807) is 0 Å². The van der Waals surface area contributed by atoms with Crippen LogP contribution in [0.1, 0.15) is 27.2 Å². The standard InChI is InChI=1S/C12H16F2N2O2/c1-4-10(7(2)3)15-11-6-12(16(17)18)9(14)5-8(11)13/h5-7,10,15H,4H2,1-3H3. The molecule has 0 amide bonds. The summed E-state index contributed by atoms with van der Waals surface area (Å²) in [4.78, 5) is 9.73. The lowest BCUT2D eigenvalue weighted by atomic mass is 10.0. The Balaban J connectivity index is 3.09. The smallest absolute Gasteiger partial charge is 0.307 e. The minimum atomic E-state index is -1.17. The predicted molar refractivity (Wildman–Crippen MR) is 65.6 cm³/mol. The van der Waals surface area contributed by atoms with E-state index in [4.69, 9.17) is 0 Å². The molecule has 1 unspecified atom stereocenters. The van der Waals surface area contributed by atoms with Crippen molar-refractivity contribution in [2.75, 3.05) is 5.32 Å². The first-order valence-corrected chi connectivity index (χ1v) is 5.76. The van der Waals surface area contributed by atoms with Gasteiger partial charge in [-0.25, -0.2) is 4.39 Å². The molecule has 100 valence electrons. The van der Waals surface area contributed by atoms with Crippen LogP contribution in [-0.4, -0.2) is 11.0 Å². The Morgan fingerprint density at radius 2 is 1.94 bits per heavy atom. The Morgan fingerprint density at radius 3 is 2.39 bits per heavy atom. The molecule has 0 spiro atoms. The lowest BCUT2D eigenvalue weighted by Gasteiger charge is -2.22. The summed E-state index contributed by atoms with van der Waals surface area (Å²) in [5.74, 6) is -1.75. The van der Waals surface area contributed by atoms with Gasteiger partial charge in [-0.15, -0.1) is 0 Å². The minimum Gasteiger partial charge on any atom is -0.379 e. The summed E-state index contributed by atoms with van der Waals surface area (Å²) in [6, 6.07) is 1.41. The number of hydrogen-bond donors (Lipinski definition) is 1. The lowest BCUT2D eigenvalue weighted by molar-refractivity contribution is -0.387. The molecule has 0 aromatic heterocycles. The van der Waals surface area contributed by atoms with Gasteiger partial charge < -0.3 is 5.32 Å². The Labute approximate surface area is 104 Å². The highest BCUT2D eigenvalue weighted by molar-refractivity contribution is 5.53. The van der Waals surface area contributed by atoms with Crippen molar-refractivity contribution in [1.82, 2.24) is 0 Å². The molecule has 0 saturated carbocycles. The Morgan fingerprint density at radius 1 is 1.33 bits per heavy atom. The van der Waals surface area contributed by atoms with Crippen molar-refractivity contribution in [3.8, 4) is 0 Å². The number of benzene rings is 1. The molecule has 1 rings (SSSR count). The monoisotopic (exact) mass is 258 g/mol. The molecule has 0 fully saturated rings. The first-order chi connectivity index (χ1) is 8.36. The zero-order valence-corrected chi connectivity index (χ0v) is 10.5. The molecule has 0 bridgehead atoms. The van der Waals surface area contributed by atoms with Gasteiger partial charge in [0.05, 0.1) is 10.6 Å². The number of rotatable bonds is 5. The molecule has 0 saturated heterocycles. The van der Waals surface area contributed by atoms with Gasteiger partial charge in [0.1, 0.15) is 5.82 Å². The number of halogens is 2. The summed E-state index contributed by atoms with van der Waals surface area (Å²) in [5.41, 5.74) is -0.763. The van der Waals surface area contributed by atoms with Gasteiger partial charge in [-0.2, -0.15) is 4.39 Å². The van der Waals surface area contributed by atoms with E-state index in [1.165, 1.54) is 0 Å². The van der Waals surface area contributed by atoms with Crippen molar-refractivity contribution in [1.29, 1.82) is 0 Å². The summed E-state index contributed by atoms with van der Waals surface area (Å²) in [6.45, 7) is 5.83. The van der Waals surface area contributed by atoms with Crippen LogP contribution in [0.4, 0.5) is 20.2 Å². The molecule has 0 heterocycles. The molecule has 1 atom stereocenters. The van der Waals surface area contributed by atoms with Gasteiger partial charge in [0.2, 0.25) is 5.82 Å². The number of nitro benzene ring substituents is 1. The first-order valence-electron chi connectivity index (χ1n) is 5.76. The molecule has 1 N–H and O–H groups in total. The zero-order chi connectivity index (χ0) is 13.9. The third kappa shape index (κ3) is 3.15. The van der Waals surface area contributed by atoms with Crippen LogP contribution in [0, 0.1) is 27.7 Å². The molecular formula is C12H16F2N2O2. The first kappa shape index (κ1) is 14.3. The fraction of sp³-hybridized carbons (Fsp3) is 0.500. The maximum absolute atomic E-state index is 13.5.